The third kappa shape index (κ3) is 7.23. The summed E-state index contributed by atoms with van der Waals surface area (Å²) < 4.78 is 40.7. The third-order valence-corrected chi connectivity index (χ3v) is 5.94. The monoisotopic (exact) mass is 435 g/mol. The van der Waals surface area contributed by atoms with Gasteiger partial charge >= 0.3 is 0 Å². The van der Waals surface area contributed by atoms with Crippen LogP contribution in [0.2, 0.25) is 0 Å². The molecule has 0 aliphatic carbocycles. The van der Waals surface area contributed by atoms with Gasteiger partial charge < -0.3 is 10.6 Å². The first kappa shape index (κ1) is 23.5. The number of hydrogen-bond donors (Lipinski definition) is 3. The van der Waals surface area contributed by atoms with E-state index in [1.165, 1.54) is 30.3 Å². The average molecular weight is 436 g/mol. The molecule has 0 radical (unpaired) electrons. The fraction of sp³-hybridized carbons (Fsp3) is 0.333. The number of benzene rings is 2. The molecular weight excluding hydrogens is 409 g/mol. The van der Waals surface area contributed by atoms with E-state index in [0.717, 1.165) is 0 Å². The van der Waals surface area contributed by atoms with E-state index in [1.807, 2.05) is 6.92 Å². The molecule has 2 aromatic rings. The normalized spacial score (nSPS) is 12.2. The second kappa shape index (κ2) is 10.8. The first-order valence-electron chi connectivity index (χ1n) is 9.58. The molecule has 0 aliphatic rings. The standard InChI is InChI=1S/C21H26FN3O4S/c1-3-15(2)21(27)24-14-20(26)23-12-17-7-5-9-19(11-17)30(28,29)25-13-16-6-4-8-18(22)10-16/h4-11,15,25H,3,12-14H2,1-2H3,(H,23,26)(H,24,27). The Morgan fingerprint density at radius 1 is 1.00 bits per heavy atom. The fourth-order valence-electron chi connectivity index (χ4n) is 2.52. The lowest BCUT2D eigenvalue weighted by Crippen LogP contribution is -2.38. The first-order chi connectivity index (χ1) is 14.2. The summed E-state index contributed by atoms with van der Waals surface area (Å²) in [6.07, 6.45) is 0.683. The van der Waals surface area contributed by atoms with Gasteiger partial charge in [0.25, 0.3) is 0 Å². The number of carbonyl (C=O) groups excluding carboxylic acids is 2. The molecule has 0 spiro atoms. The minimum absolute atomic E-state index is 0.0377. The lowest BCUT2D eigenvalue weighted by atomic mass is 10.1. The maximum Gasteiger partial charge on any atom is 0.240 e. The topological polar surface area (TPSA) is 104 Å². The van der Waals surface area contributed by atoms with Gasteiger partial charge in [0, 0.05) is 19.0 Å². The van der Waals surface area contributed by atoms with E-state index in [9.17, 15) is 22.4 Å². The highest BCUT2D eigenvalue weighted by atomic mass is 32.2. The average Bonchev–Trinajstić information content (AvgIpc) is 2.74. The van der Waals surface area contributed by atoms with Gasteiger partial charge in [-0.05, 0) is 41.8 Å². The van der Waals surface area contributed by atoms with E-state index in [-0.39, 0.29) is 42.3 Å². The van der Waals surface area contributed by atoms with Crippen LogP contribution in [0.3, 0.4) is 0 Å². The van der Waals surface area contributed by atoms with Crippen molar-refractivity contribution in [3.63, 3.8) is 0 Å². The van der Waals surface area contributed by atoms with Gasteiger partial charge in [-0.3, -0.25) is 9.59 Å². The fourth-order valence-corrected chi connectivity index (χ4v) is 3.61. The summed E-state index contributed by atoms with van der Waals surface area (Å²) in [5, 5.41) is 5.20. The van der Waals surface area contributed by atoms with Gasteiger partial charge in [0.05, 0.1) is 11.4 Å². The van der Waals surface area contributed by atoms with Crippen LogP contribution in [0, 0.1) is 11.7 Å². The van der Waals surface area contributed by atoms with Crippen molar-refractivity contribution in [3.05, 3.63) is 65.5 Å². The molecule has 0 saturated carbocycles. The molecule has 1 unspecified atom stereocenters. The summed E-state index contributed by atoms with van der Waals surface area (Å²) >= 11 is 0. The summed E-state index contributed by atoms with van der Waals surface area (Å²) in [6.45, 7) is 3.60. The lowest BCUT2D eigenvalue weighted by Gasteiger charge is -2.11. The summed E-state index contributed by atoms with van der Waals surface area (Å²) in [5.74, 6) is -1.17. The molecule has 0 aliphatic heterocycles. The highest BCUT2D eigenvalue weighted by molar-refractivity contribution is 7.89. The number of carbonyl (C=O) groups is 2. The Balaban J connectivity index is 1.91. The number of sulfonamides is 1. The molecule has 30 heavy (non-hydrogen) atoms. The van der Waals surface area contributed by atoms with E-state index in [1.54, 1.807) is 25.1 Å². The Morgan fingerprint density at radius 3 is 2.33 bits per heavy atom. The van der Waals surface area contributed by atoms with Crippen molar-refractivity contribution >= 4 is 21.8 Å². The van der Waals surface area contributed by atoms with E-state index in [2.05, 4.69) is 15.4 Å². The molecule has 162 valence electrons. The molecule has 7 nitrogen and oxygen atoms in total. The number of hydrogen-bond acceptors (Lipinski definition) is 4. The predicted octanol–water partition coefficient (Wildman–Crippen LogP) is 2.08. The predicted molar refractivity (Wildman–Crippen MR) is 111 cm³/mol. The van der Waals surface area contributed by atoms with Gasteiger partial charge in [-0.2, -0.15) is 0 Å². The first-order valence-corrected chi connectivity index (χ1v) is 11.1. The van der Waals surface area contributed by atoms with Crippen LogP contribution in [0.15, 0.2) is 53.4 Å². The molecule has 1 atom stereocenters. The van der Waals surface area contributed by atoms with Crippen molar-refractivity contribution in [1.29, 1.82) is 0 Å². The molecule has 2 aromatic carbocycles. The van der Waals surface area contributed by atoms with Gasteiger partial charge in [0.2, 0.25) is 21.8 Å². The molecule has 0 saturated heterocycles. The van der Waals surface area contributed by atoms with E-state index in [0.29, 0.717) is 17.5 Å². The van der Waals surface area contributed by atoms with Crippen molar-refractivity contribution in [2.24, 2.45) is 5.92 Å². The number of rotatable bonds is 10. The molecule has 9 heteroatoms. The van der Waals surface area contributed by atoms with Crippen molar-refractivity contribution in [3.8, 4) is 0 Å². The zero-order chi connectivity index (χ0) is 22.1. The number of halogens is 1. The molecule has 3 N–H and O–H groups in total. The van der Waals surface area contributed by atoms with Gasteiger partial charge in [-0.15, -0.1) is 0 Å². The minimum atomic E-state index is -3.81. The van der Waals surface area contributed by atoms with Crippen molar-refractivity contribution < 1.29 is 22.4 Å². The molecule has 0 bridgehead atoms. The Labute approximate surface area is 176 Å². The van der Waals surface area contributed by atoms with Gasteiger partial charge in [0.1, 0.15) is 5.82 Å². The molecule has 0 heterocycles. The minimum Gasteiger partial charge on any atom is -0.350 e. The molecule has 0 aromatic heterocycles. The van der Waals surface area contributed by atoms with Crippen molar-refractivity contribution in [2.45, 2.75) is 38.3 Å². The smallest absolute Gasteiger partial charge is 0.240 e. The van der Waals surface area contributed by atoms with Crippen LogP contribution in [0.5, 0.6) is 0 Å². The van der Waals surface area contributed by atoms with Crippen molar-refractivity contribution in [2.75, 3.05) is 6.54 Å². The van der Waals surface area contributed by atoms with Crippen LogP contribution in [0.1, 0.15) is 31.4 Å². The highest BCUT2D eigenvalue weighted by Crippen LogP contribution is 2.13. The Bertz CT molecular complexity index is 995. The highest BCUT2D eigenvalue weighted by Gasteiger charge is 2.15. The number of amides is 2. The van der Waals surface area contributed by atoms with Crippen LogP contribution in [0.25, 0.3) is 0 Å². The maximum atomic E-state index is 13.2. The van der Waals surface area contributed by atoms with E-state index < -0.39 is 15.8 Å². The summed E-state index contributed by atoms with van der Waals surface area (Å²) in [7, 11) is -3.81. The Kier molecular flexibility index (Phi) is 8.49. The summed E-state index contributed by atoms with van der Waals surface area (Å²) in [6, 6.07) is 11.8. The molecule has 2 rings (SSSR count). The molecule has 0 fully saturated rings. The second-order valence-corrected chi connectivity index (χ2v) is 8.67. The van der Waals surface area contributed by atoms with Gasteiger partial charge in [-0.25, -0.2) is 17.5 Å². The second-order valence-electron chi connectivity index (χ2n) is 6.91. The lowest BCUT2D eigenvalue weighted by molar-refractivity contribution is -0.128. The van der Waals surface area contributed by atoms with E-state index in [4.69, 9.17) is 0 Å². The van der Waals surface area contributed by atoms with Crippen LogP contribution in [0.4, 0.5) is 4.39 Å². The summed E-state index contributed by atoms with van der Waals surface area (Å²) in [5.41, 5.74) is 1.09. The molecule has 2 amide bonds. The largest absolute Gasteiger partial charge is 0.350 e. The van der Waals surface area contributed by atoms with Gasteiger partial charge in [-0.1, -0.05) is 38.1 Å². The maximum absolute atomic E-state index is 13.2. The van der Waals surface area contributed by atoms with Crippen LogP contribution < -0.4 is 15.4 Å². The van der Waals surface area contributed by atoms with Crippen molar-refractivity contribution in [1.82, 2.24) is 15.4 Å². The zero-order valence-electron chi connectivity index (χ0n) is 16.9. The number of nitrogens with one attached hydrogen (secondary N) is 3. The molecular formula is C21H26FN3O4S. The zero-order valence-corrected chi connectivity index (χ0v) is 17.8. The third-order valence-electron chi connectivity index (χ3n) is 4.54. The van der Waals surface area contributed by atoms with E-state index >= 15 is 0 Å². The van der Waals surface area contributed by atoms with Crippen LogP contribution in [-0.2, 0) is 32.7 Å². The summed E-state index contributed by atoms with van der Waals surface area (Å²) in [4.78, 5) is 23.7. The quantitative estimate of drug-likeness (QED) is 0.531. The SMILES string of the molecule is CCC(C)C(=O)NCC(=O)NCc1cccc(S(=O)(=O)NCc2cccc(F)c2)c1. The Hall–Kier alpha value is -2.78. The van der Waals surface area contributed by atoms with Crippen LogP contribution in [-0.4, -0.2) is 26.8 Å². The van der Waals surface area contributed by atoms with Crippen LogP contribution >= 0.6 is 0 Å². The Morgan fingerprint density at radius 2 is 1.67 bits per heavy atom. The van der Waals surface area contributed by atoms with Gasteiger partial charge in [0.15, 0.2) is 0 Å².